The normalized spacial score (nSPS) is 22.3. The van der Waals surface area contributed by atoms with Crippen molar-refractivity contribution < 1.29 is 9.18 Å². The monoisotopic (exact) mass is 316 g/mol. The zero-order valence-corrected chi connectivity index (χ0v) is 14.5. The number of ketones is 1. The Morgan fingerprint density at radius 2 is 1.96 bits per heavy atom. The van der Waals surface area contributed by atoms with Crippen LogP contribution >= 0.6 is 0 Å². The van der Waals surface area contributed by atoms with Crippen LogP contribution < -0.4 is 5.32 Å². The fourth-order valence-electron chi connectivity index (χ4n) is 3.11. The summed E-state index contributed by atoms with van der Waals surface area (Å²) in [7, 11) is 1.95. The molecule has 1 N–H and O–H groups in total. The van der Waals surface area contributed by atoms with E-state index in [1.807, 2.05) is 20.0 Å². The van der Waals surface area contributed by atoms with Crippen molar-refractivity contribution in [1.29, 1.82) is 0 Å². The molecule has 3 nitrogen and oxygen atoms in total. The maximum absolute atomic E-state index is 14.2. The number of carbonyl (C=O) groups is 1. The first-order valence-electron chi connectivity index (χ1n) is 7.81. The van der Waals surface area contributed by atoms with Crippen LogP contribution in [-0.4, -0.2) is 23.3 Å². The third-order valence-electron chi connectivity index (χ3n) is 4.55. The Bertz CT molecular complexity index is 660. The van der Waals surface area contributed by atoms with E-state index >= 15 is 0 Å². The molecule has 124 valence electrons. The third-order valence-corrected chi connectivity index (χ3v) is 4.55. The number of allylic oxidation sites excluding steroid dienone is 2. The molecule has 1 aliphatic heterocycles. The molecule has 2 rings (SSSR count). The largest absolute Gasteiger partial charge is 0.364 e. The minimum Gasteiger partial charge on any atom is -0.364 e. The molecular weight excluding hydrogens is 291 g/mol. The minimum absolute atomic E-state index is 0.0446. The highest BCUT2D eigenvalue weighted by Crippen LogP contribution is 2.37. The first-order chi connectivity index (χ1) is 10.6. The van der Waals surface area contributed by atoms with Crippen molar-refractivity contribution in [2.24, 2.45) is 0 Å². The standard InChI is InChI=1S/C19H25FN2O/c1-12(2)17(13(3)23)18-21-16(11-19(4,5)22(18)6)14-9-7-8-10-15(14)20/h7-10,16,21H,1,11H2,2-6H3/b18-17+/t16-/m1/s1. The van der Waals surface area contributed by atoms with Crippen LogP contribution in [0.2, 0.25) is 0 Å². The second kappa shape index (κ2) is 6.19. The van der Waals surface area contributed by atoms with Crippen LogP contribution in [0, 0.1) is 5.82 Å². The molecule has 1 fully saturated rings. The molecule has 0 amide bonds. The van der Waals surface area contributed by atoms with Gasteiger partial charge in [-0.25, -0.2) is 4.39 Å². The fourth-order valence-corrected chi connectivity index (χ4v) is 3.11. The predicted octanol–water partition coefficient (Wildman–Crippen LogP) is 3.95. The Balaban J connectivity index is 2.56. The molecule has 23 heavy (non-hydrogen) atoms. The number of nitrogens with zero attached hydrogens (tertiary/aromatic N) is 1. The summed E-state index contributed by atoms with van der Waals surface area (Å²) >= 11 is 0. The second-order valence-corrected chi connectivity index (χ2v) is 6.85. The molecule has 0 radical (unpaired) electrons. The number of hydrogen-bond acceptors (Lipinski definition) is 3. The minimum atomic E-state index is -0.232. The lowest BCUT2D eigenvalue weighted by Gasteiger charge is -2.48. The van der Waals surface area contributed by atoms with E-state index in [1.54, 1.807) is 12.1 Å². The van der Waals surface area contributed by atoms with Gasteiger partial charge in [-0.2, -0.15) is 0 Å². The van der Waals surface area contributed by atoms with Gasteiger partial charge in [0.25, 0.3) is 0 Å². The summed E-state index contributed by atoms with van der Waals surface area (Å²) in [6.45, 7) is 11.5. The average Bonchev–Trinajstić information content (AvgIpc) is 2.43. The van der Waals surface area contributed by atoms with Crippen molar-refractivity contribution >= 4 is 5.78 Å². The van der Waals surface area contributed by atoms with Crippen LogP contribution in [0.15, 0.2) is 47.8 Å². The number of hydrogen-bond donors (Lipinski definition) is 1. The zero-order valence-electron chi connectivity index (χ0n) is 14.5. The molecule has 0 bridgehead atoms. The molecule has 0 spiro atoms. The predicted molar refractivity (Wildman–Crippen MR) is 91.3 cm³/mol. The van der Waals surface area contributed by atoms with Crippen LogP contribution in [-0.2, 0) is 4.79 Å². The van der Waals surface area contributed by atoms with E-state index in [-0.39, 0.29) is 23.2 Å². The molecule has 1 aromatic carbocycles. The highest BCUT2D eigenvalue weighted by Gasteiger charge is 2.38. The van der Waals surface area contributed by atoms with Crippen molar-refractivity contribution in [3.63, 3.8) is 0 Å². The van der Waals surface area contributed by atoms with E-state index < -0.39 is 0 Å². The Labute approximate surface area is 137 Å². The van der Waals surface area contributed by atoms with Gasteiger partial charge < -0.3 is 10.2 Å². The summed E-state index contributed by atoms with van der Waals surface area (Å²) in [4.78, 5) is 14.1. The summed E-state index contributed by atoms with van der Waals surface area (Å²) in [5.41, 5.74) is 1.68. The molecule has 0 saturated carbocycles. The summed E-state index contributed by atoms with van der Waals surface area (Å²) < 4.78 is 14.2. The highest BCUT2D eigenvalue weighted by atomic mass is 19.1. The van der Waals surface area contributed by atoms with Crippen molar-refractivity contribution in [1.82, 2.24) is 10.2 Å². The highest BCUT2D eigenvalue weighted by molar-refractivity contribution is 5.98. The molecular formula is C19H25FN2O. The van der Waals surface area contributed by atoms with Gasteiger partial charge in [0.2, 0.25) is 0 Å². The van der Waals surface area contributed by atoms with E-state index in [0.29, 0.717) is 16.7 Å². The number of nitrogens with one attached hydrogen (secondary N) is 1. The van der Waals surface area contributed by atoms with Gasteiger partial charge in [0, 0.05) is 18.2 Å². The Hall–Kier alpha value is -2.10. The molecule has 0 aromatic heterocycles. The van der Waals surface area contributed by atoms with E-state index in [0.717, 1.165) is 12.2 Å². The number of carbonyl (C=O) groups excluding carboxylic acids is 1. The van der Waals surface area contributed by atoms with Crippen molar-refractivity contribution in [2.45, 2.75) is 45.7 Å². The maximum Gasteiger partial charge on any atom is 0.163 e. The van der Waals surface area contributed by atoms with Gasteiger partial charge in [-0.3, -0.25) is 4.79 Å². The lowest BCUT2D eigenvalue weighted by Crippen LogP contribution is -2.53. The average molecular weight is 316 g/mol. The molecule has 1 heterocycles. The van der Waals surface area contributed by atoms with E-state index in [4.69, 9.17) is 0 Å². The smallest absolute Gasteiger partial charge is 0.163 e. The van der Waals surface area contributed by atoms with Crippen LogP contribution in [0.3, 0.4) is 0 Å². The number of halogens is 1. The second-order valence-electron chi connectivity index (χ2n) is 6.85. The first kappa shape index (κ1) is 17.3. The molecule has 1 aromatic rings. The summed E-state index contributed by atoms with van der Waals surface area (Å²) in [5, 5.41) is 3.36. The zero-order chi connectivity index (χ0) is 17.4. The van der Waals surface area contributed by atoms with Crippen LogP contribution in [0.4, 0.5) is 4.39 Å². The van der Waals surface area contributed by atoms with Gasteiger partial charge in [0.05, 0.1) is 11.6 Å². The van der Waals surface area contributed by atoms with E-state index in [1.165, 1.54) is 13.0 Å². The van der Waals surface area contributed by atoms with E-state index in [2.05, 4.69) is 30.6 Å². The Kier molecular flexibility index (Phi) is 4.64. The lowest BCUT2D eigenvalue weighted by atomic mass is 9.86. The fraction of sp³-hybridized carbons (Fsp3) is 0.421. The van der Waals surface area contributed by atoms with Crippen LogP contribution in [0.25, 0.3) is 0 Å². The lowest BCUT2D eigenvalue weighted by molar-refractivity contribution is -0.113. The molecule has 0 unspecified atom stereocenters. The number of benzene rings is 1. The number of Topliss-reactive ketones (excluding diaryl/α,β-unsaturated/α-hetero) is 1. The molecule has 1 aliphatic rings. The van der Waals surface area contributed by atoms with Crippen LogP contribution in [0.1, 0.15) is 45.7 Å². The summed E-state index contributed by atoms with van der Waals surface area (Å²) in [6, 6.07) is 6.59. The molecule has 1 saturated heterocycles. The van der Waals surface area contributed by atoms with Gasteiger partial charge in [-0.15, -0.1) is 0 Å². The quantitative estimate of drug-likeness (QED) is 0.857. The van der Waals surface area contributed by atoms with Gasteiger partial charge in [-0.1, -0.05) is 24.8 Å². The van der Waals surface area contributed by atoms with Crippen molar-refractivity contribution in [2.75, 3.05) is 7.05 Å². The van der Waals surface area contributed by atoms with E-state index in [9.17, 15) is 9.18 Å². The van der Waals surface area contributed by atoms with Crippen molar-refractivity contribution in [3.8, 4) is 0 Å². The SMILES string of the molecule is C=C(C)/C(C(C)=O)=C1/N[C@@H](c2ccccc2F)CC(C)(C)N1C. The Morgan fingerprint density at radius 3 is 2.48 bits per heavy atom. The topological polar surface area (TPSA) is 32.3 Å². The third kappa shape index (κ3) is 3.31. The van der Waals surface area contributed by atoms with Crippen LogP contribution in [0.5, 0.6) is 0 Å². The molecule has 4 heteroatoms. The summed E-state index contributed by atoms with van der Waals surface area (Å²) in [6.07, 6.45) is 0.731. The van der Waals surface area contributed by atoms with Gasteiger partial charge in [-0.05, 0) is 45.8 Å². The maximum atomic E-state index is 14.2. The number of rotatable bonds is 3. The van der Waals surface area contributed by atoms with Gasteiger partial charge in [0.1, 0.15) is 11.6 Å². The Morgan fingerprint density at radius 1 is 1.35 bits per heavy atom. The summed E-state index contributed by atoms with van der Waals surface area (Å²) in [5.74, 6) is 0.440. The first-order valence-corrected chi connectivity index (χ1v) is 7.81. The molecule has 0 aliphatic carbocycles. The molecule has 1 atom stereocenters. The van der Waals surface area contributed by atoms with Crippen molar-refractivity contribution in [3.05, 3.63) is 59.2 Å². The van der Waals surface area contributed by atoms with Gasteiger partial charge >= 0.3 is 0 Å². The van der Waals surface area contributed by atoms with Gasteiger partial charge in [0.15, 0.2) is 5.78 Å².